The second kappa shape index (κ2) is 19.0. The van der Waals surface area contributed by atoms with E-state index in [1.807, 2.05) is 24.3 Å². The fourth-order valence-corrected chi connectivity index (χ4v) is 4.96. The summed E-state index contributed by atoms with van der Waals surface area (Å²) < 4.78 is 5.71. The van der Waals surface area contributed by atoms with Crippen LogP contribution in [0, 0.1) is 0 Å². The van der Waals surface area contributed by atoms with Crippen LogP contribution >= 0.6 is 0 Å². The molecule has 4 N–H and O–H groups in total. The minimum absolute atomic E-state index is 0.246. The van der Waals surface area contributed by atoms with Gasteiger partial charge in [-0.25, -0.2) is 0 Å². The monoisotopic (exact) mass is 594 g/mol. The van der Waals surface area contributed by atoms with Crippen LogP contribution in [0.1, 0.15) is 38.2 Å². The third-order valence-corrected chi connectivity index (χ3v) is 7.31. The van der Waals surface area contributed by atoms with Crippen LogP contribution in [0.3, 0.4) is 0 Å². The number of carboxylic acids is 4. The standard InChI is InChI=1S/C29H46N4O9/c1-2-3-19-42-24-9-7-23(8-10-24)5-4-6-25(29(40)41)33-17-15-31(21-27(36)37)13-11-30(20-26(34)35)12-14-32(16-18-33)22-28(38)39/h7-10,25H,2-6,11-22H2,1H3,(H,34,35)(H,36,37)(H,38,39)(H,40,41)/t25-/m0/s1. The molecule has 0 aliphatic carbocycles. The highest BCUT2D eigenvalue weighted by Crippen LogP contribution is 2.17. The Morgan fingerprint density at radius 1 is 0.714 bits per heavy atom. The number of benzene rings is 1. The number of unbranched alkanes of at least 4 members (excludes halogenated alkanes) is 1. The Bertz CT molecular complexity index is 960. The van der Waals surface area contributed by atoms with Crippen LogP contribution in [0.2, 0.25) is 0 Å². The van der Waals surface area contributed by atoms with E-state index in [4.69, 9.17) is 4.74 Å². The average Bonchev–Trinajstić information content (AvgIpc) is 2.91. The number of carboxylic acid groups (broad SMARTS) is 4. The lowest BCUT2D eigenvalue weighted by molar-refractivity contribution is -0.145. The maximum atomic E-state index is 12.4. The van der Waals surface area contributed by atoms with Gasteiger partial charge in [-0.3, -0.25) is 38.8 Å². The van der Waals surface area contributed by atoms with Gasteiger partial charge in [0.15, 0.2) is 0 Å². The molecule has 0 bridgehead atoms. The van der Waals surface area contributed by atoms with Gasteiger partial charge < -0.3 is 25.2 Å². The lowest BCUT2D eigenvalue weighted by atomic mass is 10.0. The minimum Gasteiger partial charge on any atom is -0.494 e. The summed E-state index contributed by atoms with van der Waals surface area (Å²) in [5.74, 6) is -3.25. The topological polar surface area (TPSA) is 171 Å². The van der Waals surface area contributed by atoms with Gasteiger partial charge in [0.1, 0.15) is 11.8 Å². The van der Waals surface area contributed by atoms with Gasteiger partial charge in [-0.2, -0.15) is 0 Å². The van der Waals surface area contributed by atoms with E-state index in [1.54, 1.807) is 19.6 Å². The van der Waals surface area contributed by atoms with Crippen LogP contribution in [0.5, 0.6) is 5.75 Å². The molecule has 0 saturated carbocycles. The fraction of sp³-hybridized carbons (Fsp3) is 0.655. The lowest BCUT2D eigenvalue weighted by Gasteiger charge is -2.35. The van der Waals surface area contributed by atoms with Crippen molar-refractivity contribution in [1.82, 2.24) is 19.6 Å². The zero-order chi connectivity index (χ0) is 30.9. The molecule has 0 amide bonds. The molecule has 1 atom stereocenters. The Morgan fingerprint density at radius 3 is 1.57 bits per heavy atom. The van der Waals surface area contributed by atoms with Crippen LogP contribution in [-0.4, -0.2) is 149 Å². The quantitative estimate of drug-likeness (QED) is 0.201. The SMILES string of the molecule is CCCCOc1ccc(CCC[C@@H](C(=O)O)N2CCN(CC(=O)O)CCN(CC(=O)O)CCN(CC(=O)O)CC2)cc1. The van der Waals surface area contributed by atoms with Crippen molar-refractivity contribution in [2.75, 3.05) is 78.6 Å². The van der Waals surface area contributed by atoms with E-state index in [0.717, 1.165) is 24.2 Å². The first-order chi connectivity index (χ1) is 20.1. The minimum atomic E-state index is -1.03. The second-order valence-electron chi connectivity index (χ2n) is 10.6. The molecule has 1 saturated heterocycles. The maximum absolute atomic E-state index is 12.4. The predicted octanol–water partition coefficient (Wildman–Crippen LogP) is 1.12. The molecule has 1 heterocycles. The highest BCUT2D eigenvalue weighted by Gasteiger charge is 2.27. The van der Waals surface area contributed by atoms with Crippen molar-refractivity contribution in [2.24, 2.45) is 0 Å². The van der Waals surface area contributed by atoms with Gasteiger partial charge in [-0.15, -0.1) is 0 Å². The molecule has 42 heavy (non-hydrogen) atoms. The highest BCUT2D eigenvalue weighted by atomic mass is 16.5. The van der Waals surface area contributed by atoms with E-state index < -0.39 is 29.9 Å². The summed E-state index contributed by atoms with van der Waals surface area (Å²) in [4.78, 5) is 53.6. The summed E-state index contributed by atoms with van der Waals surface area (Å²) in [6.07, 6.45) is 3.71. The van der Waals surface area contributed by atoms with Gasteiger partial charge in [-0.05, 0) is 43.4 Å². The summed E-state index contributed by atoms with van der Waals surface area (Å²) >= 11 is 0. The molecule has 13 heteroatoms. The van der Waals surface area contributed by atoms with E-state index in [1.165, 1.54) is 0 Å². The summed E-state index contributed by atoms with van der Waals surface area (Å²) in [6.45, 7) is 4.23. The van der Waals surface area contributed by atoms with E-state index in [-0.39, 0.29) is 72.0 Å². The molecule has 0 radical (unpaired) electrons. The number of hydrogen-bond donors (Lipinski definition) is 4. The first-order valence-electron chi connectivity index (χ1n) is 14.6. The van der Waals surface area contributed by atoms with Crippen LogP contribution in [0.25, 0.3) is 0 Å². The van der Waals surface area contributed by atoms with Crippen molar-refractivity contribution in [3.8, 4) is 5.75 Å². The molecule has 1 aromatic rings. The number of nitrogens with zero attached hydrogens (tertiary/aromatic N) is 4. The van der Waals surface area contributed by atoms with E-state index in [2.05, 4.69) is 6.92 Å². The van der Waals surface area contributed by atoms with Gasteiger partial charge in [-0.1, -0.05) is 25.5 Å². The third-order valence-electron chi connectivity index (χ3n) is 7.31. The van der Waals surface area contributed by atoms with E-state index in [0.29, 0.717) is 25.9 Å². The van der Waals surface area contributed by atoms with Gasteiger partial charge in [0.25, 0.3) is 0 Å². The number of aliphatic carboxylic acids is 4. The lowest BCUT2D eigenvalue weighted by Crippen LogP contribution is -2.51. The van der Waals surface area contributed by atoms with Gasteiger partial charge in [0.2, 0.25) is 0 Å². The number of hydrogen-bond acceptors (Lipinski definition) is 9. The Hall–Kier alpha value is -3.26. The number of carbonyl (C=O) groups is 4. The molecule has 236 valence electrons. The first kappa shape index (κ1) is 34.9. The molecule has 1 fully saturated rings. The van der Waals surface area contributed by atoms with Crippen LogP contribution < -0.4 is 4.74 Å². The molecule has 1 aliphatic heterocycles. The van der Waals surface area contributed by atoms with Crippen molar-refractivity contribution in [2.45, 2.75) is 45.1 Å². The average molecular weight is 595 g/mol. The summed E-state index contributed by atoms with van der Waals surface area (Å²) in [6, 6.07) is 6.97. The Balaban J connectivity index is 2.12. The summed E-state index contributed by atoms with van der Waals surface area (Å²) in [5, 5.41) is 38.3. The first-order valence-corrected chi connectivity index (χ1v) is 14.6. The number of aryl methyl sites for hydroxylation is 1. The zero-order valence-electron chi connectivity index (χ0n) is 24.5. The predicted molar refractivity (Wildman–Crippen MR) is 155 cm³/mol. The zero-order valence-corrected chi connectivity index (χ0v) is 24.5. The molecule has 0 unspecified atom stereocenters. The number of ether oxygens (including phenoxy) is 1. The van der Waals surface area contributed by atoms with Gasteiger partial charge in [0.05, 0.1) is 26.2 Å². The largest absolute Gasteiger partial charge is 0.494 e. The van der Waals surface area contributed by atoms with Gasteiger partial charge >= 0.3 is 23.9 Å². The summed E-state index contributed by atoms with van der Waals surface area (Å²) in [7, 11) is 0. The molecule has 13 nitrogen and oxygen atoms in total. The fourth-order valence-electron chi connectivity index (χ4n) is 4.96. The Morgan fingerprint density at radius 2 is 1.17 bits per heavy atom. The van der Waals surface area contributed by atoms with E-state index >= 15 is 0 Å². The molecule has 1 aliphatic rings. The van der Waals surface area contributed by atoms with Crippen LogP contribution in [-0.2, 0) is 25.6 Å². The van der Waals surface area contributed by atoms with Crippen molar-refractivity contribution >= 4 is 23.9 Å². The van der Waals surface area contributed by atoms with Gasteiger partial charge in [0, 0.05) is 52.4 Å². The van der Waals surface area contributed by atoms with Crippen molar-refractivity contribution in [3.05, 3.63) is 29.8 Å². The number of rotatable bonds is 16. The molecule has 2 rings (SSSR count). The maximum Gasteiger partial charge on any atom is 0.320 e. The molecular weight excluding hydrogens is 548 g/mol. The Labute approximate surface area is 247 Å². The molecule has 1 aromatic carbocycles. The second-order valence-corrected chi connectivity index (χ2v) is 10.6. The molecule has 0 spiro atoms. The van der Waals surface area contributed by atoms with Crippen molar-refractivity contribution in [1.29, 1.82) is 0 Å². The van der Waals surface area contributed by atoms with Crippen molar-refractivity contribution in [3.63, 3.8) is 0 Å². The smallest absolute Gasteiger partial charge is 0.320 e. The summed E-state index contributed by atoms with van der Waals surface area (Å²) in [5.41, 5.74) is 1.07. The molecular formula is C29H46N4O9. The normalized spacial score (nSPS) is 17.5. The third kappa shape index (κ3) is 14.1. The van der Waals surface area contributed by atoms with Crippen LogP contribution in [0.4, 0.5) is 0 Å². The highest BCUT2D eigenvalue weighted by molar-refractivity contribution is 5.73. The van der Waals surface area contributed by atoms with E-state index in [9.17, 15) is 39.6 Å². The van der Waals surface area contributed by atoms with Crippen molar-refractivity contribution < 1.29 is 44.3 Å². The Kier molecular flexibility index (Phi) is 15.8. The van der Waals surface area contributed by atoms with Crippen LogP contribution in [0.15, 0.2) is 24.3 Å². The molecule has 0 aromatic heterocycles.